The molecule has 1 aromatic carbocycles. The summed E-state index contributed by atoms with van der Waals surface area (Å²) < 4.78 is 0. The number of rotatable bonds is 3. The third-order valence-corrected chi connectivity index (χ3v) is 4.11. The number of benzene rings is 1. The normalized spacial score (nSPS) is 11.8. The van der Waals surface area contributed by atoms with E-state index in [9.17, 15) is 0 Å². The molecule has 3 heteroatoms. The van der Waals surface area contributed by atoms with Crippen LogP contribution in [0.2, 0.25) is 0 Å². The number of aryl methyl sites for hydroxylation is 1. The first kappa shape index (κ1) is 14.2. The van der Waals surface area contributed by atoms with Gasteiger partial charge < -0.3 is 5.32 Å². The van der Waals surface area contributed by atoms with Gasteiger partial charge in [-0.3, -0.25) is 0 Å². The molecule has 0 aliphatic rings. The van der Waals surface area contributed by atoms with E-state index in [1.54, 1.807) is 11.3 Å². The first-order valence-corrected chi connectivity index (χ1v) is 7.50. The molecular weight excluding hydrogens is 252 g/mol. The zero-order chi connectivity index (χ0) is 14.0. The van der Waals surface area contributed by atoms with E-state index in [0.29, 0.717) is 0 Å². The van der Waals surface area contributed by atoms with Gasteiger partial charge in [0.15, 0.2) is 0 Å². The number of hydrogen-bond acceptors (Lipinski definition) is 3. The SMILES string of the molecule is CNCc1nc(-c2cc(C(C)(C)C)ccc2C)cs1. The average Bonchev–Trinajstić information content (AvgIpc) is 2.77. The third-order valence-electron chi connectivity index (χ3n) is 3.26. The van der Waals surface area contributed by atoms with E-state index in [2.05, 4.69) is 56.6 Å². The zero-order valence-corrected chi connectivity index (χ0v) is 13.2. The van der Waals surface area contributed by atoms with E-state index >= 15 is 0 Å². The van der Waals surface area contributed by atoms with Crippen LogP contribution in [0.5, 0.6) is 0 Å². The molecule has 0 saturated carbocycles. The molecular formula is C16H22N2S. The van der Waals surface area contributed by atoms with Gasteiger partial charge in [0.1, 0.15) is 5.01 Å². The van der Waals surface area contributed by atoms with E-state index in [0.717, 1.165) is 17.2 Å². The van der Waals surface area contributed by atoms with Crippen LogP contribution < -0.4 is 5.32 Å². The molecule has 0 spiro atoms. The maximum absolute atomic E-state index is 4.71. The van der Waals surface area contributed by atoms with Crippen molar-refractivity contribution in [3.63, 3.8) is 0 Å². The average molecular weight is 274 g/mol. The minimum Gasteiger partial charge on any atom is -0.314 e. The summed E-state index contributed by atoms with van der Waals surface area (Å²) in [6.07, 6.45) is 0. The van der Waals surface area contributed by atoms with Crippen LogP contribution in [0.1, 0.15) is 36.9 Å². The Morgan fingerprint density at radius 1 is 1.26 bits per heavy atom. The van der Waals surface area contributed by atoms with E-state index in [1.165, 1.54) is 16.7 Å². The van der Waals surface area contributed by atoms with Crippen LogP contribution in [0.25, 0.3) is 11.3 Å². The lowest BCUT2D eigenvalue weighted by atomic mass is 9.85. The van der Waals surface area contributed by atoms with Crippen molar-refractivity contribution in [2.45, 2.75) is 39.7 Å². The van der Waals surface area contributed by atoms with E-state index in [1.807, 2.05) is 7.05 Å². The molecule has 0 unspecified atom stereocenters. The van der Waals surface area contributed by atoms with Crippen molar-refractivity contribution in [2.75, 3.05) is 7.05 Å². The van der Waals surface area contributed by atoms with E-state index in [4.69, 9.17) is 4.98 Å². The summed E-state index contributed by atoms with van der Waals surface area (Å²) in [6, 6.07) is 6.71. The Balaban J connectivity index is 2.42. The van der Waals surface area contributed by atoms with Gasteiger partial charge >= 0.3 is 0 Å². The summed E-state index contributed by atoms with van der Waals surface area (Å²) in [4.78, 5) is 4.71. The second-order valence-corrected chi connectivity index (χ2v) is 6.88. The molecule has 0 saturated heterocycles. The van der Waals surface area contributed by atoms with Crippen molar-refractivity contribution in [1.82, 2.24) is 10.3 Å². The highest BCUT2D eigenvalue weighted by Gasteiger charge is 2.16. The van der Waals surface area contributed by atoms with Gasteiger partial charge in [0.2, 0.25) is 0 Å². The Morgan fingerprint density at radius 2 is 2.00 bits per heavy atom. The van der Waals surface area contributed by atoms with Crippen molar-refractivity contribution in [1.29, 1.82) is 0 Å². The maximum Gasteiger partial charge on any atom is 0.107 e. The fraction of sp³-hybridized carbons (Fsp3) is 0.438. The van der Waals surface area contributed by atoms with Crippen LogP contribution in [0.15, 0.2) is 23.6 Å². The minimum atomic E-state index is 0.173. The summed E-state index contributed by atoms with van der Waals surface area (Å²) in [5.74, 6) is 0. The Hall–Kier alpha value is -1.19. The quantitative estimate of drug-likeness (QED) is 0.910. The van der Waals surface area contributed by atoms with Gasteiger partial charge in [0.25, 0.3) is 0 Å². The smallest absolute Gasteiger partial charge is 0.107 e. The summed E-state index contributed by atoms with van der Waals surface area (Å²) in [5.41, 5.74) is 5.17. The molecule has 1 N–H and O–H groups in total. The van der Waals surface area contributed by atoms with Crippen molar-refractivity contribution in [3.05, 3.63) is 39.7 Å². The molecule has 0 aliphatic carbocycles. The monoisotopic (exact) mass is 274 g/mol. The van der Waals surface area contributed by atoms with Crippen LogP contribution in [0.3, 0.4) is 0 Å². The lowest BCUT2D eigenvalue weighted by Crippen LogP contribution is -2.11. The van der Waals surface area contributed by atoms with Gasteiger partial charge in [-0.25, -0.2) is 4.98 Å². The van der Waals surface area contributed by atoms with Gasteiger partial charge in [-0.05, 0) is 36.6 Å². The molecule has 0 bridgehead atoms. The predicted molar refractivity (Wildman–Crippen MR) is 83.8 cm³/mol. The van der Waals surface area contributed by atoms with E-state index in [-0.39, 0.29) is 5.41 Å². The number of nitrogens with one attached hydrogen (secondary N) is 1. The second-order valence-electron chi connectivity index (χ2n) is 5.94. The molecule has 19 heavy (non-hydrogen) atoms. The fourth-order valence-electron chi connectivity index (χ4n) is 2.03. The minimum absolute atomic E-state index is 0.173. The van der Waals surface area contributed by atoms with Gasteiger partial charge in [-0.15, -0.1) is 11.3 Å². The first-order valence-electron chi connectivity index (χ1n) is 6.62. The highest BCUT2D eigenvalue weighted by Crippen LogP contribution is 2.30. The Kier molecular flexibility index (Phi) is 4.07. The molecule has 0 fully saturated rings. The number of thiazole rings is 1. The van der Waals surface area contributed by atoms with Gasteiger partial charge in [-0.2, -0.15) is 0 Å². The van der Waals surface area contributed by atoms with Crippen molar-refractivity contribution in [3.8, 4) is 11.3 Å². The number of nitrogens with zero attached hydrogens (tertiary/aromatic N) is 1. The number of hydrogen-bond donors (Lipinski definition) is 1. The van der Waals surface area contributed by atoms with Crippen LogP contribution in [-0.2, 0) is 12.0 Å². The highest BCUT2D eigenvalue weighted by molar-refractivity contribution is 7.09. The summed E-state index contributed by atoms with van der Waals surface area (Å²) in [6.45, 7) is 9.72. The van der Waals surface area contributed by atoms with Crippen LogP contribution in [0.4, 0.5) is 0 Å². The fourth-order valence-corrected chi connectivity index (χ4v) is 2.84. The largest absolute Gasteiger partial charge is 0.314 e. The molecule has 1 heterocycles. The van der Waals surface area contributed by atoms with Crippen LogP contribution in [-0.4, -0.2) is 12.0 Å². The van der Waals surface area contributed by atoms with Crippen LogP contribution in [0, 0.1) is 6.92 Å². The molecule has 102 valence electrons. The van der Waals surface area contributed by atoms with Crippen molar-refractivity contribution < 1.29 is 0 Å². The van der Waals surface area contributed by atoms with Gasteiger partial charge in [-0.1, -0.05) is 32.9 Å². The number of aromatic nitrogens is 1. The predicted octanol–water partition coefficient (Wildman–Crippen LogP) is 4.14. The van der Waals surface area contributed by atoms with Gasteiger partial charge in [0, 0.05) is 17.5 Å². The lowest BCUT2D eigenvalue weighted by Gasteiger charge is -2.20. The highest BCUT2D eigenvalue weighted by atomic mass is 32.1. The van der Waals surface area contributed by atoms with Gasteiger partial charge in [0.05, 0.1) is 5.69 Å². The molecule has 0 amide bonds. The second kappa shape index (κ2) is 5.43. The topological polar surface area (TPSA) is 24.9 Å². The Labute approximate surface area is 119 Å². The Morgan fingerprint density at radius 3 is 2.63 bits per heavy atom. The zero-order valence-electron chi connectivity index (χ0n) is 12.4. The summed E-state index contributed by atoms with van der Waals surface area (Å²) in [7, 11) is 1.95. The molecule has 0 atom stereocenters. The first-order chi connectivity index (χ1) is 8.91. The molecule has 2 aromatic rings. The lowest BCUT2D eigenvalue weighted by molar-refractivity contribution is 0.590. The standard InChI is InChI=1S/C16H22N2S/c1-11-6-7-12(16(2,3)4)8-13(11)14-10-19-15(18-14)9-17-5/h6-8,10,17H,9H2,1-5H3. The van der Waals surface area contributed by atoms with Crippen molar-refractivity contribution in [2.24, 2.45) is 0 Å². The maximum atomic E-state index is 4.71. The molecule has 0 radical (unpaired) electrons. The Bertz CT molecular complexity index is 564. The van der Waals surface area contributed by atoms with Crippen molar-refractivity contribution >= 4 is 11.3 Å². The summed E-state index contributed by atoms with van der Waals surface area (Å²) in [5, 5.41) is 6.44. The molecule has 2 nitrogen and oxygen atoms in total. The van der Waals surface area contributed by atoms with Crippen LogP contribution >= 0.6 is 11.3 Å². The molecule has 0 aliphatic heterocycles. The molecule has 2 rings (SSSR count). The third kappa shape index (κ3) is 3.23. The summed E-state index contributed by atoms with van der Waals surface area (Å²) >= 11 is 1.72. The van der Waals surface area contributed by atoms with E-state index < -0.39 is 0 Å². The molecule has 1 aromatic heterocycles.